The maximum absolute atomic E-state index is 9.55. The highest BCUT2D eigenvalue weighted by Gasteiger charge is 2.08. The lowest BCUT2D eigenvalue weighted by atomic mass is 10.1. The van der Waals surface area contributed by atoms with Gasteiger partial charge < -0.3 is 10.1 Å². The number of para-hydroxylation sites is 1. The van der Waals surface area contributed by atoms with E-state index in [0.29, 0.717) is 5.02 Å². The number of hydrogen-bond acceptors (Lipinski definition) is 2. The quantitative estimate of drug-likeness (QED) is 0.712. The Morgan fingerprint density at radius 3 is 2.65 bits per heavy atom. The summed E-state index contributed by atoms with van der Waals surface area (Å²) < 4.78 is 0. The first kappa shape index (κ1) is 13.6. The second kappa shape index (κ2) is 5.52. The van der Waals surface area contributed by atoms with Crippen molar-refractivity contribution in [3.63, 3.8) is 0 Å². The van der Waals surface area contributed by atoms with Gasteiger partial charge in [0.05, 0.1) is 16.2 Å². The predicted molar refractivity (Wildman–Crippen MR) is 84.5 cm³/mol. The van der Waals surface area contributed by atoms with Gasteiger partial charge >= 0.3 is 0 Å². The molecule has 20 heavy (non-hydrogen) atoms. The van der Waals surface area contributed by atoms with Gasteiger partial charge in [0.1, 0.15) is 0 Å². The fourth-order valence-corrected chi connectivity index (χ4v) is 3.26. The van der Waals surface area contributed by atoms with Crippen LogP contribution in [-0.4, -0.2) is 10.1 Å². The van der Waals surface area contributed by atoms with Crippen molar-refractivity contribution in [3.05, 3.63) is 59.1 Å². The minimum absolute atomic E-state index is 0.500. The Kier molecular flexibility index (Phi) is 3.74. The third kappa shape index (κ3) is 2.70. The molecular weight excluding hydrogens is 290 g/mol. The van der Waals surface area contributed by atoms with Crippen LogP contribution >= 0.6 is 23.4 Å². The summed E-state index contributed by atoms with van der Waals surface area (Å²) in [6.45, 7) is 1.73. The van der Waals surface area contributed by atoms with Gasteiger partial charge in [0.15, 0.2) is 0 Å². The van der Waals surface area contributed by atoms with Crippen LogP contribution in [0.15, 0.2) is 58.5 Å². The first-order chi connectivity index (χ1) is 9.63. The molecule has 0 amide bonds. The van der Waals surface area contributed by atoms with Crippen LogP contribution in [0.1, 0.15) is 18.6 Å². The van der Waals surface area contributed by atoms with Crippen LogP contribution in [0.2, 0.25) is 5.02 Å². The molecule has 3 aromatic rings. The maximum atomic E-state index is 9.55. The number of nitrogens with one attached hydrogen (secondary N) is 1. The predicted octanol–water partition coefficient (Wildman–Crippen LogP) is 5.03. The summed E-state index contributed by atoms with van der Waals surface area (Å²) in [6.07, 6.45) is -0.500. The molecule has 1 aromatic heterocycles. The minimum Gasteiger partial charge on any atom is -0.389 e. The Bertz CT molecular complexity index is 718. The lowest BCUT2D eigenvalue weighted by Crippen LogP contribution is -1.90. The molecule has 0 aliphatic rings. The molecule has 0 saturated carbocycles. The highest BCUT2D eigenvalue weighted by atomic mass is 35.5. The number of aliphatic hydroxyl groups is 1. The number of aromatic amines is 1. The van der Waals surface area contributed by atoms with E-state index in [1.807, 2.05) is 30.3 Å². The van der Waals surface area contributed by atoms with Crippen molar-refractivity contribution < 1.29 is 5.11 Å². The fourth-order valence-electron chi connectivity index (χ4n) is 2.08. The molecule has 0 spiro atoms. The van der Waals surface area contributed by atoms with Gasteiger partial charge in [-0.1, -0.05) is 47.6 Å². The zero-order chi connectivity index (χ0) is 14.1. The normalized spacial score (nSPS) is 12.8. The molecule has 2 nitrogen and oxygen atoms in total. The molecular formula is C16H14ClNOS. The van der Waals surface area contributed by atoms with Gasteiger partial charge in [0, 0.05) is 15.8 Å². The van der Waals surface area contributed by atoms with E-state index in [9.17, 15) is 5.11 Å². The molecule has 0 radical (unpaired) electrons. The van der Waals surface area contributed by atoms with E-state index in [-0.39, 0.29) is 0 Å². The number of benzene rings is 2. The lowest BCUT2D eigenvalue weighted by molar-refractivity contribution is 0.199. The van der Waals surface area contributed by atoms with Crippen LogP contribution in [0.25, 0.3) is 10.9 Å². The molecule has 102 valence electrons. The number of aromatic nitrogens is 1. The number of H-pyrrole nitrogens is 1. The molecule has 2 aromatic carbocycles. The van der Waals surface area contributed by atoms with Gasteiger partial charge in [-0.3, -0.25) is 0 Å². The molecule has 0 aliphatic heterocycles. The fraction of sp³-hybridized carbons (Fsp3) is 0.125. The Hall–Kier alpha value is -1.42. The summed E-state index contributed by atoms with van der Waals surface area (Å²) in [4.78, 5) is 4.34. The van der Waals surface area contributed by atoms with Crippen molar-refractivity contribution >= 4 is 34.3 Å². The Morgan fingerprint density at radius 2 is 1.95 bits per heavy atom. The summed E-state index contributed by atoms with van der Waals surface area (Å²) >= 11 is 7.87. The van der Waals surface area contributed by atoms with Gasteiger partial charge in [-0.05, 0) is 36.8 Å². The maximum Gasteiger partial charge on any atom is 0.0781 e. The van der Waals surface area contributed by atoms with E-state index >= 15 is 0 Å². The van der Waals surface area contributed by atoms with Crippen molar-refractivity contribution in [2.24, 2.45) is 0 Å². The average Bonchev–Trinajstić information content (AvgIpc) is 2.83. The molecule has 2 N–H and O–H groups in total. The molecule has 0 bridgehead atoms. The zero-order valence-electron chi connectivity index (χ0n) is 10.9. The van der Waals surface area contributed by atoms with Crippen LogP contribution in [0, 0.1) is 0 Å². The van der Waals surface area contributed by atoms with Crippen molar-refractivity contribution in [2.45, 2.75) is 22.9 Å². The SMILES string of the molecule is C[C@H](O)c1ccc(Sc2cc3ccccc3[nH]2)c(Cl)c1. The summed E-state index contributed by atoms with van der Waals surface area (Å²) in [5, 5.41) is 12.5. The average molecular weight is 304 g/mol. The number of hydrogen-bond donors (Lipinski definition) is 2. The third-order valence-corrected chi connectivity index (χ3v) is 4.60. The molecule has 0 unspecified atom stereocenters. The first-order valence-electron chi connectivity index (χ1n) is 6.36. The number of rotatable bonds is 3. The Balaban J connectivity index is 1.90. The van der Waals surface area contributed by atoms with E-state index in [1.165, 1.54) is 5.39 Å². The standard InChI is InChI=1S/C16H14ClNOS/c1-10(19)11-6-7-15(13(17)8-11)20-16-9-12-4-2-3-5-14(12)18-16/h2-10,18-19H,1H3/t10-/m0/s1. The summed E-state index contributed by atoms with van der Waals surface area (Å²) in [5.41, 5.74) is 1.95. The minimum atomic E-state index is -0.500. The molecule has 0 aliphatic carbocycles. The zero-order valence-corrected chi connectivity index (χ0v) is 12.5. The van der Waals surface area contributed by atoms with Crippen LogP contribution in [0.5, 0.6) is 0 Å². The summed E-state index contributed by atoms with van der Waals surface area (Å²) in [5.74, 6) is 0. The molecule has 4 heteroatoms. The topological polar surface area (TPSA) is 36.0 Å². The number of aliphatic hydroxyl groups excluding tert-OH is 1. The van der Waals surface area contributed by atoms with Crippen LogP contribution in [-0.2, 0) is 0 Å². The van der Waals surface area contributed by atoms with Gasteiger partial charge in [-0.2, -0.15) is 0 Å². The first-order valence-corrected chi connectivity index (χ1v) is 7.56. The third-order valence-electron chi connectivity index (χ3n) is 3.16. The van der Waals surface area contributed by atoms with Crippen molar-refractivity contribution in [1.82, 2.24) is 4.98 Å². The van der Waals surface area contributed by atoms with E-state index in [0.717, 1.165) is 21.0 Å². The largest absolute Gasteiger partial charge is 0.389 e. The van der Waals surface area contributed by atoms with E-state index in [2.05, 4.69) is 23.2 Å². The molecule has 0 saturated heterocycles. The van der Waals surface area contributed by atoms with Crippen LogP contribution in [0.4, 0.5) is 0 Å². The van der Waals surface area contributed by atoms with E-state index in [1.54, 1.807) is 18.7 Å². The van der Waals surface area contributed by atoms with Gasteiger partial charge in [0.25, 0.3) is 0 Å². The molecule has 1 heterocycles. The van der Waals surface area contributed by atoms with Crippen molar-refractivity contribution in [1.29, 1.82) is 0 Å². The lowest BCUT2D eigenvalue weighted by Gasteiger charge is -2.08. The molecule has 3 rings (SSSR count). The Morgan fingerprint density at radius 1 is 1.15 bits per heavy atom. The van der Waals surface area contributed by atoms with Crippen molar-refractivity contribution in [3.8, 4) is 0 Å². The summed E-state index contributed by atoms with van der Waals surface area (Å²) in [7, 11) is 0. The van der Waals surface area contributed by atoms with Gasteiger partial charge in [-0.15, -0.1) is 0 Å². The van der Waals surface area contributed by atoms with Crippen LogP contribution in [0.3, 0.4) is 0 Å². The highest BCUT2D eigenvalue weighted by molar-refractivity contribution is 7.99. The molecule has 1 atom stereocenters. The van der Waals surface area contributed by atoms with Crippen molar-refractivity contribution in [2.75, 3.05) is 0 Å². The molecule has 0 fully saturated rings. The highest BCUT2D eigenvalue weighted by Crippen LogP contribution is 2.35. The number of fused-ring (bicyclic) bond motifs is 1. The van der Waals surface area contributed by atoms with E-state index < -0.39 is 6.10 Å². The second-order valence-electron chi connectivity index (χ2n) is 4.69. The van der Waals surface area contributed by atoms with Crippen LogP contribution < -0.4 is 0 Å². The van der Waals surface area contributed by atoms with Gasteiger partial charge in [-0.25, -0.2) is 0 Å². The monoisotopic (exact) mass is 303 g/mol. The van der Waals surface area contributed by atoms with E-state index in [4.69, 9.17) is 11.6 Å². The second-order valence-corrected chi connectivity index (χ2v) is 6.18. The number of halogens is 1. The van der Waals surface area contributed by atoms with Gasteiger partial charge in [0.2, 0.25) is 0 Å². The smallest absolute Gasteiger partial charge is 0.0781 e. The Labute approximate surface area is 126 Å². The summed E-state index contributed by atoms with van der Waals surface area (Å²) in [6, 6.07) is 15.9.